The molecule has 5 rings (SSSR count). The van der Waals surface area contributed by atoms with Crippen molar-refractivity contribution in [3.63, 3.8) is 0 Å². The Bertz CT molecular complexity index is 1140. The van der Waals surface area contributed by atoms with Crippen LogP contribution in [0.25, 0.3) is 10.8 Å². The van der Waals surface area contributed by atoms with Gasteiger partial charge in [-0.3, -0.25) is 9.59 Å². The third-order valence-electron chi connectivity index (χ3n) is 5.97. The van der Waals surface area contributed by atoms with Crippen molar-refractivity contribution < 1.29 is 9.18 Å². The average Bonchev–Trinajstić information content (AvgIpc) is 2.77. The number of likely N-dealkylation sites (tertiary alicyclic amines) is 1. The van der Waals surface area contributed by atoms with Crippen LogP contribution in [0.4, 0.5) is 10.1 Å². The summed E-state index contributed by atoms with van der Waals surface area (Å²) in [5, 5.41) is 11.9. The fourth-order valence-electron chi connectivity index (χ4n) is 4.37. The lowest BCUT2D eigenvalue weighted by Crippen LogP contribution is -2.44. The highest BCUT2D eigenvalue weighted by atomic mass is 35.5. The number of hydrogen-bond acceptors (Lipinski definition) is 4. The number of piperidine rings is 1. The number of aromatic nitrogens is 2. The number of aromatic amines is 1. The van der Waals surface area contributed by atoms with Gasteiger partial charge >= 0.3 is 0 Å². The van der Waals surface area contributed by atoms with Gasteiger partial charge in [0.2, 0.25) is 5.91 Å². The van der Waals surface area contributed by atoms with E-state index in [4.69, 9.17) is 11.6 Å². The van der Waals surface area contributed by atoms with Gasteiger partial charge in [-0.15, -0.1) is 0 Å². The van der Waals surface area contributed by atoms with E-state index in [1.165, 1.54) is 12.1 Å². The average molecular weight is 443 g/mol. The van der Waals surface area contributed by atoms with Gasteiger partial charge in [0.05, 0.1) is 11.1 Å². The first-order valence-corrected chi connectivity index (χ1v) is 10.7. The number of carbonyl (C=O) groups excluding carboxylic acids is 1. The Balaban J connectivity index is 0.000000282. The zero-order chi connectivity index (χ0) is 22.0. The number of H-pyrrole nitrogens is 1. The van der Waals surface area contributed by atoms with Crippen molar-refractivity contribution >= 4 is 34.0 Å². The fourth-order valence-corrected chi connectivity index (χ4v) is 4.51. The predicted molar refractivity (Wildman–Crippen MR) is 120 cm³/mol. The molecule has 1 atom stereocenters. The number of rotatable bonds is 1. The highest BCUT2D eigenvalue weighted by Crippen LogP contribution is 2.34. The zero-order valence-corrected chi connectivity index (χ0v) is 18.0. The van der Waals surface area contributed by atoms with E-state index < -0.39 is 5.82 Å². The molecule has 1 fully saturated rings. The summed E-state index contributed by atoms with van der Waals surface area (Å²) in [6.07, 6.45) is 2.51. The Hall–Kier alpha value is -2.93. The second kappa shape index (κ2) is 9.06. The molecule has 0 aliphatic carbocycles. The van der Waals surface area contributed by atoms with Crippen LogP contribution in [-0.4, -0.2) is 40.1 Å². The molecule has 1 amide bonds. The maximum absolute atomic E-state index is 13.9. The van der Waals surface area contributed by atoms with Crippen LogP contribution in [0.3, 0.4) is 0 Å². The standard InChI is InChI=1S/C17H19FN4O2.C6H5Cl/c1-9(23)22-4-2-10(3-5-22)13-8-15-16-12(17(24)21-20-15)6-11(18)7-14(16)19-13;7-6-4-2-1-3-5-6/h6-7,10,13,19H,2-5,8H2,1H3,(H,21,24);1-5H. The second-order valence-corrected chi connectivity index (χ2v) is 8.41. The molecule has 3 aromatic rings. The van der Waals surface area contributed by atoms with Gasteiger partial charge in [-0.05, 0) is 43.0 Å². The summed E-state index contributed by atoms with van der Waals surface area (Å²) in [6, 6.07) is 12.3. The molecular weight excluding hydrogens is 419 g/mol. The molecule has 1 aromatic heterocycles. The maximum Gasteiger partial charge on any atom is 0.272 e. The van der Waals surface area contributed by atoms with Crippen LogP contribution in [0.5, 0.6) is 0 Å². The molecular formula is C23H24ClFN4O2. The lowest BCUT2D eigenvalue weighted by atomic mass is 9.84. The molecule has 8 heteroatoms. The third-order valence-corrected chi connectivity index (χ3v) is 6.22. The molecule has 2 aliphatic rings. The Morgan fingerprint density at radius 2 is 1.90 bits per heavy atom. The van der Waals surface area contributed by atoms with Crippen LogP contribution >= 0.6 is 11.6 Å². The summed E-state index contributed by atoms with van der Waals surface area (Å²) in [5.41, 5.74) is 1.07. The van der Waals surface area contributed by atoms with Gasteiger partial charge in [-0.1, -0.05) is 29.8 Å². The van der Waals surface area contributed by atoms with E-state index in [0.29, 0.717) is 23.4 Å². The summed E-state index contributed by atoms with van der Waals surface area (Å²) >= 11 is 5.54. The van der Waals surface area contributed by atoms with Crippen molar-refractivity contribution in [1.29, 1.82) is 0 Å². The van der Waals surface area contributed by atoms with Crippen molar-refractivity contribution in [2.24, 2.45) is 5.92 Å². The minimum atomic E-state index is -0.431. The largest absolute Gasteiger partial charge is 0.381 e. The number of carbonyl (C=O) groups is 1. The number of halogens is 2. The number of anilines is 1. The third kappa shape index (κ3) is 4.71. The topological polar surface area (TPSA) is 78.1 Å². The van der Waals surface area contributed by atoms with Crippen LogP contribution in [0.1, 0.15) is 25.5 Å². The van der Waals surface area contributed by atoms with Crippen molar-refractivity contribution in [1.82, 2.24) is 15.1 Å². The van der Waals surface area contributed by atoms with Crippen LogP contribution in [-0.2, 0) is 11.2 Å². The monoisotopic (exact) mass is 442 g/mol. The van der Waals surface area contributed by atoms with Gasteiger partial charge in [0.1, 0.15) is 5.82 Å². The summed E-state index contributed by atoms with van der Waals surface area (Å²) < 4.78 is 13.9. The van der Waals surface area contributed by atoms with Gasteiger partial charge in [0.15, 0.2) is 0 Å². The van der Waals surface area contributed by atoms with E-state index in [1.807, 2.05) is 35.2 Å². The number of nitrogens with zero attached hydrogens (tertiary/aromatic N) is 2. The lowest BCUT2D eigenvalue weighted by molar-refractivity contribution is -0.130. The van der Waals surface area contributed by atoms with Crippen molar-refractivity contribution in [3.05, 3.63) is 69.4 Å². The molecule has 3 heterocycles. The Morgan fingerprint density at radius 1 is 1.19 bits per heavy atom. The molecule has 162 valence electrons. The Morgan fingerprint density at radius 3 is 2.52 bits per heavy atom. The second-order valence-electron chi connectivity index (χ2n) is 7.97. The van der Waals surface area contributed by atoms with E-state index in [2.05, 4.69) is 15.5 Å². The molecule has 1 unspecified atom stereocenters. The molecule has 0 radical (unpaired) electrons. The highest BCUT2D eigenvalue weighted by molar-refractivity contribution is 6.30. The number of amides is 1. The molecule has 6 nitrogen and oxygen atoms in total. The van der Waals surface area contributed by atoms with Crippen LogP contribution in [0, 0.1) is 11.7 Å². The summed E-state index contributed by atoms with van der Waals surface area (Å²) in [6.45, 7) is 3.10. The number of hydrogen-bond donors (Lipinski definition) is 2. The van der Waals surface area contributed by atoms with Crippen molar-refractivity contribution in [3.8, 4) is 0 Å². The SMILES string of the molecule is CC(=O)N1CCC(C2Cc3n[nH]c(=O)c4cc(F)cc(c34)N2)CC1.Clc1ccccc1. The van der Waals surface area contributed by atoms with Crippen LogP contribution in [0.15, 0.2) is 47.3 Å². The molecule has 2 aliphatic heterocycles. The van der Waals surface area contributed by atoms with Crippen molar-refractivity contribution in [2.75, 3.05) is 18.4 Å². The number of benzene rings is 2. The molecule has 2 N–H and O–H groups in total. The predicted octanol–water partition coefficient (Wildman–Crippen LogP) is 4.00. The van der Waals surface area contributed by atoms with E-state index in [1.54, 1.807) is 6.92 Å². The maximum atomic E-state index is 13.9. The van der Waals surface area contributed by atoms with Crippen molar-refractivity contribution in [2.45, 2.75) is 32.2 Å². The Kier molecular flexibility index (Phi) is 6.23. The van der Waals surface area contributed by atoms with E-state index in [0.717, 1.165) is 42.0 Å². The lowest BCUT2D eigenvalue weighted by Gasteiger charge is -2.38. The van der Waals surface area contributed by atoms with E-state index >= 15 is 0 Å². The first kappa shape index (κ1) is 21.3. The van der Waals surface area contributed by atoms with E-state index in [-0.39, 0.29) is 17.5 Å². The van der Waals surface area contributed by atoms with Crippen LogP contribution < -0.4 is 10.9 Å². The fraction of sp³-hybridized carbons (Fsp3) is 0.348. The summed E-state index contributed by atoms with van der Waals surface area (Å²) in [4.78, 5) is 25.2. The van der Waals surface area contributed by atoms with Gasteiger partial charge in [0, 0.05) is 48.6 Å². The quantitative estimate of drug-likeness (QED) is 0.597. The first-order chi connectivity index (χ1) is 14.9. The molecule has 0 saturated carbocycles. The van der Waals surface area contributed by atoms with Gasteiger partial charge in [-0.2, -0.15) is 5.10 Å². The van der Waals surface area contributed by atoms with Gasteiger partial charge < -0.3 is 10.2 Å². The van der Waals surface area contributed by atoms with Gasteiger partial charge in [-0.25, -0.2) is 9.49 Å². The summed E-state index contributed by atoms with van der Waals surface area (Å²) in [7, 11) is 0. The van der Waals surface area contributed by atoms with Gasteiger partial charge in [0.25, 0.3) is 5.56 Å². The minimum absolute atomic E-state index is 0.112. The Labute approximate surface area is 184 Å². The molecule has 0 spiro atoms. The number of nitrogens with one attached hydrogen (secondary N) is 2. The minimum Gasteiger partial charge on any atom is -0.381 e. The first-order valence-electron chi connectivity index (χ1n) is 10.4. The molecule has 2 aromatic carbocycles. The molecule has 31 heavy (non-hydrogen) atoms. The normalized spacial score (nSPS) is 18.2. The van der Waals surface area contributed by atoms with Crippen LogP contribution in [0.2, 0.25) is 5.02 Å². The molecule has 1 saturated heterocycles. The highest BCUT2D eigenvalue weighted by Gasteiger charge is 2.32. The van der Waals surface area contributed by atoms with E-state index in [9.17, 15) is 14.0 Å². The molecule has 0 bridgehead atoms. The zero-order valence-electron chi connectivity index (χ0n) is 17.2. The summed E-state index contributed by atoms with van der Waals surface area (Å²) in [5.74, 6) is 0.0713. The smallest absolute Gasteiger partial charge is 0.272 e.